The van der Waals surface area contributed by atoms with E-state index in [0.29, 0.717) is 0 Å². The molecule has 1 aromatic carbocycles. The third-order valence-electron chi connectivity index (χ3n) is 2.09. The van der Waals surface area contributed by atoms with Gasteiger partial charge in [-0.2, -0.15) is 0 Å². The Morgan fingerprint density at radius 3 is 1.72 bits per heavy atom. The standard InChI is InChI=1S/C9H7N3O6/c1-2-3-6-4-7(10(13)14)9(12(17)18)8(5-6)11(15)16/h2,4-5H,1,3H2. The van der Waals surface area contributed by atoms with Gasteiger partial charge in [0.1, 0.15) is 0 Å². The Morgan fingerprint density at radius 1 is 1.00 bits per heavy atom. The molecule has 1 aromatic rings. The minimum Gasteiger partial charge on any atom is -0.258 e. The van der Waals surface area contributed by atoms with Crippen LogP contribution in [0.1, 0.15) is 5.56 Å². The lowest BCUT2D eigenvalue weighted by atomic mass is 10.1. The molecule has 0 fully saturated rings. The molecule has 0 unspecified atom stereocenters. The summed E-state index contributed by atoms with van der Waals surface area (Å²) in [5, 5.41) is 32.1. The SMILES string of the molecule is C=CCc1cc([N+](=O)[O-])c([N+](=O)[O-])c([N+](=O)[O-])c1. The van der Waals surface area contributed by atoms with Crippen molar-refractivity contribution in [3.8, 4) is 0 Å². The third-order valence-corrected chi connectivity index (χ3v) is 2.09. The lowest BCUT2D eigenvalue weighted by Gasteiger charge is -2.00. The molecule has 1 rings (SSSR count). The van der Waals surface area contributed by atoms with Crippen molar-refractivity contribution in [1.29, 1.82) is 0 Å². The topological polar surface area (TPSA) is 129 Å². The minimum absolute atomic E-state index is 0.139. The van der Waals surface area contributed by atoms with Crippen LogP contribution in [-0.2, 0) is 6.42 Å². The van der Waals surface area contributed by atoms with Gasteiger partial charge in [-0.3, -0.25) is 30.3 Å². The van der Waals surface area contributed by atoms with E-state index in [-0.39, 0.29) is 12.0 Å². The van der Waals surface area contributed by atoms with E-state index < -0.39 is 31.8 Å². The Kier molecular flexibility index (Phi) is 3.67. The van der Waals surface area contributed by atoms with Crippen molar-refractivity contribution in [3.05, 3.63) is 60.7 Å². The average Bonchev–Trinajstić information content (AvgIpc) is 2.27. The number of nitro groups is 3. The van der Waals surface area contributed by atoms with Gasteiger partial charge in [-0.15, -0.1) is 6.58 Å². The van der Waals surface area contributed by atoms with E-state index in [1.807, 2.05) is 0 Å². The van der Waals surface area contributed by atoms with Crippen LogP contribution in [0.25, 0.3) is 0 Å². The molecule has 9 nitrogen and oxygen atoms in total. The number of allylic oxidation sites excluding steroid dienone is 1. The summed E-state index contributed by atoms with van der Waals surface area (Å²) < 4.78 is 0. The van der Waals surface area contributed by atoms with Gasteiger partial charge in [0.2, 0.25) is 0 Å². The lowest BCUT2D eigenvalue weighted by molar-refractivity contribution is -0.441. The van der Waals surface area contributed by atoms with Crippen molar-refractivity contribution in [2.24, 2.45) is 0 Å². The third kappa shape index (κ3) is 2.45. The molecule has 0 heterocycles. The minimum atomic E-state index is -1.13. The molecule has 0 radical (unpaired) electrons. The monoisotopic (exact) mass is 253 g/mol. The second-order valence-corrected chi connectivity index (χ2v) is 3.25. The fourth-order valence-electron chi connectivity index (χ4n) is 1.41. The second kappa shape index (κ2) is 4.99. The zero-order valence-electron chi connectivity index (χ0n) is 8.94. The first-order valence-corrected chi connectivity index (χ1v) is 4.59. The Hall–Kier alpha value is -2.84. The first-order valence-electron chi connectivity index (χ1n) is 4.59. The van der Waals surface area contributed by atoms with Crippen LogP contribution in [0.2, 0.25) is 0 Å². The predicted octanol–water partition coefficient (Wildman–Crippen LogP) is 2.14. The van der Waals surface area contributed by atoms with Gasteiger partial charge in [0.05, 0.1) is 14.8 Å². The lowest BCUT2D eigenvalue weighted by Crippen LogP contribution is -2.02. The summed E-state index contributed by atoms with van der Waals surface area (Å²) in [6.07, 6.45) is 1.52. The molecule has 0 N–H and O–H groups in total. The number of hydrogen-bond donors (Lipinski definition) is 0. The van der Waals surface area contributed by atoms with Crippen LogP contribution < -0.4 is 0 Å². The smallest absolute Gasteiger partial charge is 0.258 e. The summed E-state index contributed by atoms with van der Waals surface area (Å²) in [4.78, 5) is 29.0. The molecule has 0 spiro atoms. The van der Waals surface area contributed by atoms with E-state index in [9.17, 15) is 30.3 Å². The summed E-state index contributed by atoms with van der Waals surface area (Å²) >= 11 is 0. The highest BCUT2D eigenvalue weighted by atomic mass is 16.6. The normalized spacial score (nSPS) is 9.78. The van der Waals surface area contributed by atoms with Crippen molar-refractivity contribution in [2.75, 3.05) is 0 Å². The number of rotatable bonds is 5. The molecule has 0 saturated carbocycles. The number of hydrogen-bond acceptors (Lipinski definition) is 6. The van der Waals surface area contributed by atoms with Gasteiger partial charge in [-0.1, -0.05) is 6.08 Å². The maximum absolute atomic E-state index is 10.7. The van der Waals surface area contributed by atoms with E-state index in [1.165, 1.54) is 6.08 Å². The summed E-state index contributed by atoms with van der Waals surface area (Å²) in [5.74, 6) is 0. The molecular weight excluding hydrogens is 246 g/mol. The summed E-state index contributed by atoms with van der Waals surface area (Å²) in [5.41, 5.74) is -2.69. The predicted molar refractivity (Wildman–Crippen MR) is 60.3 cm³/mol. The highest BCUT2D eigenvalue weighted by Gasteiger charge is 2.36. The molecule has 0 aromatic heterocycles. The van der Waals surface area contributed by atoms with E-state index >= 15 is 0 Å². The van der Waals surface area contributed by atoms with Crippen LogP contribution in [-0.4, -0.2) is 14.8 Å². The maximum Gasteiger partial charge on any atom is 0.422 e. The summed E-state index contributed by atoms with van der Waals surface area (Å²) in [6.45, 7) is 3.39. The molecule has 0 aliphatic carbocycles. The molecular formula is C9H7N3O6. The maximum atomic E-state index is 10.7. The molecule has 0 aliphatic heterocycles. The molecule has 0 amide bonds. The van der Waals surface area contributed by atoms with Gasteiger partial charge in [-0.05, 0) is 12.0 Å². The molecule has 0 saturated heterocycles. The molecule has 9 heteroatoms. The Bertz CT molecular complexity index is 518. The van der Waals surface area contributed by atoms with E-state index in [0.717, 1.165) is 12.1 Å². The molecule has 0 bridgehead atoms. The van der Waals surface area contributed by atoms with Crippen molar-refractivity contribution >= 4 is 17.1 Å². The number of nitro benzene ring substituents is 3. The fourth-order valence-corrected chi connectivity index (χ4v) is 1.41. The number of nitrogens with zero attached hydrogens (tertiary/aromatic N) is 3. The summed E-state index contributed by atoms with van der Waals surface area (Å²) in [6, 6.07) is 1.87. The zero-order chi connectivity index (χ0) is 13.9. The van der Waals surface area contributed by atoms with Crippen molar-refractivity contribution in [2.45, 2.75) is 6.42 Å². The van der Waals surface area contributed by atoms with Crippen LogP contribution >= 0.6 is 0 Å². The van der Waals surface area contributed by atoms with Gasteiger partial charge in [0.25, 0.3) is 0 Å². The van der Waals surface area contributed by atoms with Gasteiger partial charge in [0.15, 0.2) is 0 Å². The Labute approximate surface area is 99.8 Å². The van der Waals surface area contributed by atoms with Crippen LogP contribution in [0.15, 0.2) is 24.8 Å². The van der Waals surface area contributed by atoms with Crippen molar-refractivity contribution in [1.82, 2.24) is 0 Å². The van der Waals surface area contributed by atoms with Crippen LogP contribution in [0.4, 0.5) is 17.1 Å². The van der Waals surface area contributed by atoms with E-state index in [2.05, 4.69) is 6.58 Å². The van der Waals surface area contributed by atoms with E-state index in [4.69, 9.17) is 0 Å². The first kappa shape index (κ1) is 13.2. The van der Waals surface area contributed by atoms with Crippen LogP contribution in [0, 0.1) is 30.3 Å². The van der Waals surface area contributed by atoms with Crippen molar-refractivity contribution in [3.63, 3.8) is 0 Å². The quantitative estimate of drug-likeness (QED) is 0.448. The van der Waals surface area contributed by atoms with E-state index in [1.54, 1.807) is 0 Å². The first-order chi connectivity index (χ1) is 8.38. The second-order valence-electron chi connectivity index (χ2n) is 3.25. The number of benzene rings is 1. The van der Waals surface area contributed by atoms with Gasteiger partial charge < -0.3 is 0 Å². The Morgan fingerprint density at radius 2 is 1.44 bits per heavy atom. The fraction of sp³-hybridized carbons (Fsp3) is 0.111. The van der Waals surface area contributed by atoms with Crippen molar-refractivity contribution < 1.29 is 14.8 Å². The largest absolute Gasteiger partial charge is 0.422 e. The van der Waals surface area contributed by atoms with Gasteiger partial charge in [0, 0.05) is 12.1 Å². The molecule has 18 heavy (non-hydrogen) atoms. The Balaban J connectivity index is 3.64. The highest BCUT2D eigenvalue weighted by Crippen LogP contribution is 2.37. The molecule has 0 atom stereocenters. The molecule has 94 valence electrons. The van der Waals surface area contributed by atoms with Gasteiger partial charge >= 0.3 is 17.1 Å². The molecule has 0 aliphatic rings. The average molecular weight is 253 g/mol. The zero-order valence-corrected chi connectivity index (χ0v) is 8.94. The van der Waals surface area contributed by atoms with Crippen LogP contribution in [0.3, 0.4) is 0 Å². The highest BCUT2D eigenvalue weighted by molar-refractivity contribution is 5.67. The van der Waals surface area contributed by atoms with Crippen LogP contribution in [0.5, 0.6) is 0 Å². The van der Waals surface area contributed by atoms with Gasteiger partial charge in [-0.25, -0.2) is 0 Å². The summed E-state index contributed by atoms with van der Waals surface area (Å²) in [7, 11) is 0.